The lowest BCUT2D eigenvalue weighted by Crippen LogP contribution is -2.72. The summed E-state index contributed by atoms with van der Waals surface area (Å²) in [6.45, 7) is 10.3. The molecule has 6 nitrogen and oxygen atoms in total. The molecule has 5 aliphatic rings. The molecule has 1 unspecified atom stereocenters. The summed E-state index contributed by atoms with van der Waals surface area (Å²) in [7, 11) is 0. The Labute approximate surface area is 209 Å². The van der Waals surface area contributed by atoms with Crippen molar-refractivity contribution in [3.05, 3.63) is 23.8 Å². The van der Waals surface area contributed by atoms with Gasteiger partial charge in [0.25, 0.3) is 0 Å². The Morgan fingerprint density at radius 1 is 1.26 bits per heavy atom. The molecule has 1 spiro atoms. The molecular weight excluding hydrogens is 444 g/mol. The lowest BCUT2D eigenvalue weighted by molar-refractivity contribution is -0.237. The second-order valence-electron chi connectivity index (χ2n) is 12.9. The Balaban J connectivity index is 1.55. The topological polar surface area (TPSA) is 99.5 Å². The minimum absolute atomic E-state index is 0.0408. The molecule has 0 radical (unpaired) electrons. The number of epoxide rings is 1. The first-order valence-electron chi connectivity index (χ1n) is 13.7. The Morgan fingerprint density at radius 2 is 2.00 bits per heavy atom. The van der Waals surface area contributed by atoms with E-state index in [2.05, 4.69) is 39.8 Å². The number of fused-ring (bicyclic) bond motifs is 3. The molecule has 3 saturated carbocycles. The van der Waals surface area contributed by atoms with Crippen LogP contribution in [0.2, 0.25) is 0 Å². The molecule has 0 amide bonds. The molecule has 1 heterocycles. The highest BCUT2D eigenvalue weighted by molar-refractivity contribution is 5.67. The summed E-state index contributed by atoms with van der Waals surface area (Å²) in [6.07, 6.45) is 10.1. The van der Waals surface area contributed by atoms with Gasteiger partial charge in [0, 0.05) is 13.3 Å². The summed E-state index contributed by atoms with van der Waals surface area (Å²) in [5.74, 6) is 1.41. The molecule has 1 aliphatic heterocycles. The van der Waals surface area contributed by atoms with E-state index in [1.165, 1.54) is 6.92 Å². The van der Waals surface area contributed by atoms with Gasteiger partial charge in [0.2, 0.25) is 0 Å². The van der Waals surface area contributed by atoms with E-state index in [1.54, 1.807) is 0 Å². The summed E-state index contributed by atoms with van der Waals surface area (Å²) >= 11 is 0. The number of rotatable bonds is 6. The third-order valence-electron chi connectivity index (χ3n) is 10.6. The third-order valence-corrected chi connectivity index (χ3v) is 10.6. The van der Waals surface area contributed by atoms with Crippen molar-refractivity contribution in [3.8, 4) is 0 Å². The fraction of sp³-hybridized carbons (Fsp3) is 0.828. The number of aliphatic hydroxyl groups excluding tert-OH is 2. The van der Waals surface area contributed by atoms with Crippen LogP contribution in [0.25, 0.3) is 0 Å². The maximum absolute atomic E-state index is 12.1. The van der Waals surface area contributed by atoms with E-state index in [1.807, 2.05) is 6.08 Å². The standard InChI is InChI=1S/C29H44O6/c1-17(2)7-6-8-18(3)21-9-10-22-23-13-24(34-19(4)31)28(33)14-20(32)11-12-27(28,16-30)29(23)25(35-29)15-26(21,22)5/h6,8,13,17-18,20-22,24-25,30,32-33H,7,9-12,14-16H2,1-5H3/b8-6+/t18-,20+,21-,22?,24+,25-,26-,27-,28+,29+/m1/s1. The van der Waals surface area contributed by atoms with Crippen molar-refractivity contribution < 1.29 is 29.6 Å². The molecule has 4 fully saturated rings. The van der Waals surface area contributed by atoms with Crippen molar-refractivity contribution in [3.63, 3.8) is 0 Å². The van der Waals surface area contributed by atoms with Crippen LogP contribution < -0.4 is 0 Å². The number of carbonyl (C=O) groups excluding carboxylic acids is 1. The number of carbonyl (C=O) groups is 1. The fourth-order valence-electron chi connectivity index (χ4n) is 8.98. The van der Waals surface area contributed by atoms with E-state index in [0.717, 1.165) is 31.3 Å². The van der Waals surface area contributed by atoms with Crippen LogP contribution in [0.3, 0.4) is 0 Å². The maximum atomic E-state index is 12.1. The predicted molar refractivity (Wildman–Crippen MR) is 132 cm³/mol. The van der Waals surface area contributed by atoms with Crippen LogP contribution in [0.4, 0.5) is 0 Å². The molecule has 196 valence electrons. The molecule has 0 bridgehead atoms. The monoisotopic (exact) mass is 488 g/mol. The minimum atomic E-state index is -1.57. The van der Waals surface area contributed by atoms with Crippen LogP contribution in [0.15, 0.2) is 23.8 Å². The van der Waals surface area contributed by atoms with Crippen LogP contribution in [-0.4, -0.2) is 57.4 Å². The van der Waals surface area contributed by atoms with Gasteiger partial charge in [0.15, 0.2) is 0 Å². The van der Waals surface area contributed by atoms with Crippen LogP contribution in [0, 0.1) is 34.5 Å². The van der Waals surface area contributed by atoms with E-state index in [9.17, 15) is 20.1 Å². The zero-order chi connectivity index (χ0) is 25.4. The molecule has 6 heteroatoms. The van der Waals surface area contributed by atoms with Gasteiger partial charge in [-0.25, -0.2) is 0 Å². The summed E-state index contributed by atoms with van der Waals surface area (Å²) < 4.78 is 12.3. The van der Waals surface area contributed by atoms with E-state index in [4.69, 9.17) is 9.47 Å². The molecule has 35 heavy (non-hydrogen) atoms. The van der Waals surface area contributed by atoms with Crippen molar-refractivity contribution in [2.45, 2.75) is 109 Å². The molecule has 3 N–H and O–H groups in total. The normalized spacial score (nSPS) is 49.1. The zero-order valence-electron chi connectivity index (χ0n) is 22.0. The van der Waals surface area contributed by atoms with Crippen LogP contribution in [0.5, 0.6) is 0 Å². The van der Waals surface area contributed by atoms with Crippen molar-refractivity contribution >= 4 is 5.97 Å². The smallest absolute Gasteiger partial charge is 0.303 e. The molecule has 0 aromatic carbocycles. The first-order valence-corrected chi connectivity index (χ1v) is 13.7. The Hall–Kier alpha value is -1.21. The first-order chi connectivity index (χ1) is 16.4. The lowest BCUT2D eigenvalue weighted by atomic mass is 9.44. The van der Waals surface area contributed by atoms with Gasteiger partial charge in [-0.3, -0.25) is 4.79 Å². The van der Waals surface area contributed by atoms with Gasteiger partial charge < -0.3 is 24.8 Å². The zero-order valence-corrected chi connectivity index (χ0v) is 22.0. The van der Waals surface area contributed by atoms with Crippen molar-refractivity contribution in [1.82, 2.24) is 0 Å². The van der Waals surface area contributed by atoms with Gasteiger partial charge in [0.05, 0.1) is 24.2 Å². The van der Waals surface area contributed by atoms with Gasteiger partial charge in [-0.1, -0.05) is 39.8 Å². The maximum Gasteiger partial charge on any atom is 0.303 e. The summed E-state index contributed by atoms with van der Waals surface area (Å²) in [4.78, 5) is 12.1. The van der Waals surface area contributed by atoms with Gasteiger partial charge in [-0.05, 0) is 79.3 Å². The summed E-state index contributed by atoms with van der Waals surface area (Å²) in [6, 6.07) is 0. The van der Waals surface area contributed by atoms with Gasteiger partial charge in [-0.15, -0.1) is 0 Å². The first kappa shape index (κ1) is 25.4. The second kappa shape index (κ2) is 8.41. The number of hydrogen-bond donors (Lipinski definition) is 3. The van der Waals surface area contributed by atoms with E-state index in [0.29, 0.717) is 30.6 Å². The molecule has 4 aliphatic carbocycles. The van der Waals surface area contributed by atoms with Gasteiger partial charge in [0.1, 0.15) is 17.3 Å². The number of aliphatic hydroxyl groups is 3. The number of ether oxygens (including phenoxy) is 2. The molecule has 1 saturated heterocycles. The van der Waals surface area contributed by atoms with E-state index >= 15 is 0 Å². The second-order valence-corrected chi connectivity index (χ2v) is 12.9. The highest BCUT2D eigenvalue weighted by Crippen LogP contribution is 2.76. The van der Waals surface area contributed by atoms with Crippen LogP contribution in [0.1, 0.15) is 79.6 Å². The Bertz CT molecular complexity index is 926. The Kier molecular flexibility index (Phi) is 6.11. The van der Waals surface area contributed by atoms with E-state index < -0.39 is 34.8 Å². The van der Waals surface area contributed by atoms with Crippen molar-refractivity contribution in [2.24, 2.45) is 34.5 Å². The number of allylic oxidation sites excluding steroid dienone is 2. The van der Waals surface area contributed by atoms with E-state index in [-0.39, 0.29) is 30.5 Å². The molecule has 0 aromatic heterocycles. The number of hydrogen-bond acceptors (Lipinski definition) is 6. The third kappa shape index (κ3) is 3.39. The average molecular weight is 489 g/mol. The quantitative estimate of drug-likeness (QED) is 0.298. The van der Waals surface area contributed by atoms with Crippen LogP contribution >= 0.6 is 0 Å². The highest BCUT2D eigenvalue weighted by atomic mass is 16.6. The minimum Gasteiger partial charge on any atom is -0.455 e. The summed E-state index contributed by atoms with van der Waals surface area (Å²) in [5, 5.41) is 33.5. The Morgan fingerprint density at radius 3 is 2.66 bits per heavy atom. The van der Waals surface area contributed by atoms with Crippen LogP contribution in [-0.2, 0) is 14.3 Å². The fourth-order valence-corrected chi connectivity index (χ4v) is 8.98. The average Bonchev–Trinajstić information content (AvgIpc) is 3.37. The van der Waals surface area contributed by atoms with Gasteiger partial charge in [-0.2, -0.15) is 0 Å². The largest absolute Gasteiger partial charge is 0.455 e. The molecule has 5 rings (SSSR count). The highest BCUT2D eigenvalue weighted by Gasteiger charge is 2.83. The molecule has 10 atom stereocenters. The summed E-state index contributed by atoms with van der Waals surface area (Å²) in [5.41, 5.74) is -2.13. The van der Waals surface area contributed by atoms with Gasteiger partial charge >= 0.3 is 5.97 Å². The van der Waals surface area contributed by atoms with Crippen molar-refractivity contribution in [1.29, 1.82) is 0 Å². The van der Waals surface area contributed by atoms with Crippen molar-refractivity contribution in [2.75, 3.05) is 6.61 Å². The lowest BCUT2D eigenvalue weighted by Gasteiger charge is -2.61. The molecular formula is C29H44O6. The SMILES string of the molecule is CC(=O)O[C@H]1C=C2C3CC[C@H]([C@H](C)/C=C/CC(C)C)[C@@]3(C)C[C@H]3O[C@@]23[C@@]2(CO)CC[C@H](O)C[C@]12O. The number of esters is 1. The molecule has 0 aromatic rings. The predicted octanol–water partition coefficient (Wildman–Crippen LogP) is 3.92.